The van der Waals surface area contributed by atoms with Gasteiger partial charge in [-0.25, -0.2) is 0 Å². The Morgan fingerprint density at radius 1 is 1.05 bits per heavy atom. The van der Waals surface area contributed by atoms with Gasteiger partial charge in [-0.15, -0.1) is 0 Å². The van der Waals surface area contributed by atoms with E-state index >= 15 is 0 Å². The molecule has 0 radical (unpaired) electrons. The number of esters is 1. The highest BCUT2D eigenvalue weighted by Gasteiger charge is 2.35. The molecule has 0 aromatic heterocycles. The van der Waals surface area contributed by atoms with Crippen molar-refractivity contribution < 1.29 is 24.1 Å². The summed E-state index contributed by atoms with van der Waals surface area (Å²) in [6.07, 6.45) is -0.189. The summed E-state index contributed by atoms with van der Waals surface area (Å²) in [6.45, 7) is 13.6. The van der Waals surface area contributed by atoms with Gasteiger partial charge in [-0.2, -0.15) is 0 Å². The molecule has 0 amide bonds. The fourth-order valence-electron chi connectivity index (χ4n) is 2.16. The molecule has 5 nitrogen and oxygen atoms in total. The number of carbonyl (C=O) groups excluding carboxylic acids is 1. The molecular weight excluding hydrogens is 272 g/mol. The number of aliphatic hydroxyl groups is 1. The van der Waals surface area contributed by atoms with E-state index in [1.54, 1.807) is 0 Å². The second-order valence-corrected chi connectivity index (χ2v) is 6.63. The molecule has 0 aliphatic rings. The van der Waals surface area contributed by atoms with Crippen molar-refractivity contribution in [3.63, 3.8) is 0 Å². The summed E-state index contributed by atoms with van der Waals surface area (Å²) in [6, 6.07) is 0. The van der Waals surface area contributed by atoms with E-state index < -0.39 is 0 Å². The fourth-order valence-corrected chi connectivity index (χ4v) is 2.16. The van der Waals surface area contributed by atoms with E-state index in [4.69, 9.17) is 19.3 Å². The Morgan fingerprint density at radius 2 is 1.62 bits per heavy atom. The predicted octanol–water partition coefficient (Wildman–Crippen LogP) is 2.26. The van der Waals surface area contributed by atoms with Gasteiger partial charge in [0.1, 0.15) is 6.10 Å². The monoisotopic (exact) mass is 304 g/mol. The zero-order valence-corrected chi connectivity index (χ0v) is 14.3. The molecule has 0 saturated carbocycles. The van der Waals surface area contributed by atoms with Crippen LogP contribution in [0.1, 0.15) is 41.5 Å². The summed E-state index contributed by atoms with van der Waals surface area (Å²) in [5, 5.41) is 8.60. The van der Waals surface area contributed by atoms with Crippen molar-refractivity contribution in [1.82, 2.24) is 0 Å². The first-order chi connectivity index (χ1) is 9.72. The minimum atomic E-state index is -0.268. The lowest BCUT2D eigenvalue weighted by Gasteiger charge is -2.36. The summed E-state index contributed by atoms with van der Waals surface area (Å²) in [7, 11) is 0. The van der Waals surface area contributed by atoms with Crippen LogP contribution in [0, 0.1) is 17.3 Å². The van der Waals surface area contributed by atoms with Crippen LogP contribution in [0.5, 0.6) is 0 Å². The summed E-state index contributed by atoms with van der Waals surface area (Å²) in [5.41, 5.74) is -0.268. The predicted molar refractivity (Wildman–Crippen MR) is 82.1 cm³/mol. The topological polar surface area (TPSA) is 65.0 Å². The molecule has 0 aromatic carbocycles. The van der Waals surface area contributed by atoms with Crippen LogP contribution in [0.4, 0.5) is 0 Å². The SMILES string of the molecule is CC(C)C(=O)OC(C(C)C)C(C)(C)COCCOCCO. The van der Waals surface area contributed by atoms with Gasteiger partial charge in [0.2, 0.25) is 0 Å². The maximum Gasteiger partial charge on any atom is 0.308 e. The Kier molecular flexibility index (Phi) is 9.83. The highest BCUT2D eigenvalue weighted by Crippen LogP contribution is 2.30. The van der Waals surface area contributed by atoms with Gasteiger partial charge in [-0.05, 0) is 5.92 Å². The first-order valence-electron chi connectivity index (χ1n) is 7.69. The van der Waals surface area contributed by atoms with Crippen LogP contribution in [-0.2, 0) is 19.0 Å². The van der Waals surface area contributed by atoms with Gasteiger partial charge in [0.05, 0.1) is 39.0 Å². The zero-order valence-electron chi connectivity index (χ0n) is 14.3. The molecule has 0 bridgehead atoms. The van der Waals surface area contributed by atoms with Gasteiger partial charge < -0.3 is 19.3 Å². The van der Waals surface area contributed by atoms with E-state index in [1.807, 2.05) is 41.5 Å². The molecule has 0 fully saturated rings. The molecule has 0 heterocycles. The molecule has 1 N–H and O–H groups in total. The smallest absolute Gasteiger partial charge is 0.308 e. The summed E-state index contributed by atoms with van der Waals surface area (Å²) in [5.74, 6) is -0.0835. The molecule has 0 aliphatic carbocycles. The Balaban J connectivity index is 4.34. The molecule has 126 valence electrons. The molecule has 1 atom stereocenters. The standard InChI is InChI=1S/C16H32O5/c1-12(2)14(21-15(18)13(3)4)16(5,6)11-20-10-9-19-8-7-17/h12-14,17H,7-11H2,1-6H3. The van der Waals surface area contributed by atoms with Gasteiger partial charge in [0.15, 0.2) is 0 Å². The van der Waals surface area contributed by atoms with E-state index in [1.165, 1.54) is 0 Å². The third-order valence-electron chi connectivity index (χ3n) is 3.17. The highest BCUT2D eigenvalue weighted by atomic mass is 16.6. The van der Waals surface area contributed by atoms with Crippen LogP contribution in [0.2, 0.25) is 0 Å². The van der Waals surface area contributed by atoms with Crippen LogP contribution in [0.25, 0.3) is 0 Å². The number of hydrogen-bond donors (Lipinski definition) is 1. The number of aliphatic hydroxyl groups excluding tert-OH is 1. The highest BCUT2D eigenvalue weighted by molar-refractivity contribution is 5.71. The van der Waals surface area contributed by atoms with E-state index in [-0.39, 0.29) is 35.9 Å². The van der Waals surface area contributed by atoms with Crippen LogP contribution < -0.4 is 0 Å². The normalized spacial score (nSPS) is 13.8. The third-order valence-corrected chi connectivity index (χ3v) is 3.17. The van der Waals surface area contributed by atoms with Crippen molar-refractivity contribution in [2.75, 3.05) is 33.0 Å². The first-order valence-corrected chi connectivity index (χ1v) is 7.69. The largest absolute Gasteiger partial charge is 0.461 e. The molecular formula is C16H32O5. The lowest BCUT2D eigenvalue weighted by molar-refractivity contribution is -0.166. The number of ether oxygens (including phenoxy) is 3. The summed E-state index contributed by atoms with van der Waals surface area (Å²) < 4.78 is 16.4. The second-order valence-electron chi connectivity index (χ2n) is 6.63. The second kappa shape index (κ2) is 10.1. The molecule has 1 unspecified atom stereocenters. The van der Waals surface area contributed by atoms with Gasteiger partial charge in [-0.3, -0.25) is 4.79 Å². The van der Waals surface area contributed by atoms with E-state index in [9.17, 15) is 4.79 Å². The van der Waals surface area contributed by atoms with Crippen molar-refractivity contribution >= 4 is 5.97 Å². The average molecular weight is 304 g/mol. The van der Waals surface area contributed by atoms with Gasteiger partial charge in [0.25, 0.3) is 0 Å². The maximum atomic E-state index is 11.8. The van der Waals surface area contributed by atoms with E-state index in [0.29, 0.717) is 26.4 Å². The number of carbonyl (C=O) groups is 1. The van der Waals surface area contributed by atoms with Crippen molar-refractivity contribution in [1.29, 1.82) is 0 Å². The Hall–Kier alpha value is -0.650. The Morgan fingerprint density at radius 3 is 2.10 bits per heavy atom. The van der Waals surface area contributed by atoms with Gasteiger partial charge in [0, 0.05) is 5.41 Å². The zero-order chi connectivity index (χ0) is 16.5. The molecule has 5 heteroatoms. The first kappa shape index (κ1) is 20.3. The number of rotatable bonds is 11. The average Bonchev–Trinajstić information content (AvgIpc) is 2.38. The van der Waals surface area contributed by atoms with Gasteiger partial charge in [-0.1, -0.05) is 41.5 Å². The van der Waals surface area contributed by atoms with Crippen molar-refractivity contribution in [2.24, 2.45) is 17.3 Å². The van der Waals surface area contributed by atoms with Crippen LogP contribution in [-0.4, -0.2) is 50.2 Å². The van der Waals surface area contributed by atoms with Gasteiger partial charge >= 0.3 is 5.97 Å². The maximum absolute atomic E-state index is 11.8. The fraction of sp³-hybridized carbons (Fsp3) is 0.938. The lowest BCUT2D eigenvalue weighted by atomic mass is 9.81. The molecule has 0 aromatic rings. The molecule has 0 spiro atoms. The van der Waals surface area contributed by atoms with E-state index in [2.05, 4.69) is 0 Å². The summed E-state index contributed by atoms with van der Waals surface area (Å²) >= 11 is 0. The van der Waals surface area contributed by atoms with Crippen molar-refractivity contribution in [2.45, 2.75) is 47.6 Å². The quantitative estimate of drug-likeness (QED) is 0.468. The number of hydrogen-bond acceptors (Lipinski definition) is 5. The molecule has 0 aliphatic heterocycles. The Bertz CT molecular complexity index is 286. The van der Waals surface area contributed by atoms with Crippen LogP contribution in [0.15, 0.2) is 0 Å². The van der Waals surface area contributed by atoms with Crippen LogP contribution in [0.3, 0.4) is 0 Å². The lowest BCUT2D eigenvalue weighted by Crippen LogP contribution is -2.42. The third kappa shape index (κ3) is 8.39. The Labute approximate surface area is 129 Å². The van der Waals surface area contributed by atoms with E-state index in [0.717, 1.165) is 0 Å². The van der Waals surface area contributed by atoms with Crippen LogP contribution >= 0.6 is 0 Å². The molecule has 21 heavy (non-hydrogen) atoms. The molecule has 0 saturated heterocycles. The molecule has 0 rings (SSSR count). The summed E-state index contributed by atoms with van der Waals surface area (Å²) in [4.78, 5) is 11.8. The van der Waals surface area contributed by atoms with Crippen molar-refractivity contribution in [3.8, 4) is 0 Å². The van der Waals surface area contributed by atoms with Crippen molar-refractivity contribution in [3.05, 3.63) is 0 Å². The minimum absolute atomic E-state index is 0.0199. The minimum Gasteiger partial charge on any atom is -0.461 e.